The van der Waals surface area contributed by atoms with Crippen LogP contribution in [0.1, 0.15) is 62.8 Å². The van der Waals surface area contributed by atoms with Crippen molar-refractivity contribution in [2.45, 2.75) is 70.3 Å². The second-order valence-corrected chi connectivity index (χ2v) is 11.8. The summed E-state index contributed by atoms with van der Waals surface area (Å²) in [5.41, 5.74) is 3.64. The second kappa shape index (κ2) is 11.9. The number of ether oxygens (including phenoxy) is 1. The number of esters is 1. The van der Waals surface area contributed by atoms with Crippen LogP contribution in [0.3, 0.4) is 0 Å². The molecule has 0 atom stereocenters. The molecule has 0 bridgehead atoms. The van der Waals surface area contributed by atoms with E-state index in [9.17, 15) is 13.2 Å². The van der Waals surface area contributed by atoms with Gasteiger partial charge in [-0.15, -0.1) is 0 Å². The summed E-state index contributed by atoms with van der Waals surface area (Å²) in [5.74, 6) is -0.330. The molecule has 0 aliphatic carbocycles. The van der Waals surface area contributed by atoms with Crippen LogP contribution in [0.4, 0.5) is 5.69 Å². The predicted molar refractivity (Wildman–Crippen MR) is 144 cm³/mol. The van der Waals surface area contributed by atoms with Crippen LogP contribution in [0, 0.1) is 0 Å². The zero-order valence-electron chi connectivity index (χ0n) is 21.2. The number of hydrogen-bond acceptors (Lipinski definition) is 5. The Morgan fingerprint density at radius 3 is 2.28 bits per heavy atom. The maximum absolute atomic E-state index is 13.3. The van der Waals surface area contributed by atoms with Crippen molar-refractivity contribution >= 4 is 33.3 Å². The van der Waals surface area contributed by atoms with Crippen molar-refractivity contribution < 1.29 is 17.9 Å². The molecule has 3 aromatic rings. The van der Waals surface area contributed by atoms with E-state index >= 15 is 0 Å². The zero-order chi connectivity index (χ0) is 26.3. The average molecular weight is 529 g/mol. The lowest BCUT2D eigenvalue weighted by atomic mass is 9.94. The number of carbonyl (C=O) groups excluding carboxylic acids is 1. The van der Waals surface area contributed by atoms with E-state index in [0.29, 0.717) is 30.0 Å². The molecule has 2 aromatic carbocycles. The fraction of sp³-hybridized carbons (Fsp3) is 0.357. The van der Waals surface area contributed by atoms with Gasteiger partial charge in [-0.05, 0) is 92.6 Å². The van der Waals surface area contributed by atoms with Crippen molar-refractivity contribution in [1.82, 2.24) is 4.98 Å². The zero-order valence-corrected chi connectivity index (χ0v) is 22.7. The topological polar surface area (TPSA) is 85.4 Å². The van der Waals surface area contributed by atoms with Gasteiger partial charge < -0.3 is 4.74 Å². The monoisotopic (exact) mass is 528 g/mol. The van der Waals surface area contributed by atoms with Gasteiger partial charge in [0, 0.05) is 23.8 Å². The third-order valence-corrected chi connectivity index (χ3v) is 7.01. The van der Waals surface area contributed by atoms with Gasteiger partial charge in [-0.1, -0.05) is 43.1 Å². The minimum Gasteiger partial charge on any atom is -0.460 e. The van der Waals surface area contributed by atoms with Crippen LogP contribution in [-0.2, 0) is 38.8 Å². The smallest absolute Gasteiger partial charge is 0.306 e. The highest BCUT2D eigenvalue weighted by Gasteiger charge is 2.21. The number of nitrogens with zero attached hydrogens (tertiary/aromatic N) is 1. The lowest BCUT2D eigenvalue weighted by Gasteiger charge is -2.21. The normalized spacial score (nSPS) is 11.8. The van der Waals surface area contributed by atoms with E-state index in [0.717, 1.165) is 28.7 Å². The van der Waals surface area contributed by atoms with Crippen molar-refractivity contribution in [3.05, 3.63) is 88.2 Å². The molecule has 3 rings (SSSR count). The number of aryl methyl sites for hydroxylation is 2. The molecule has 192 valence electrons. The van der Waals surface area contributed by atoms with Crippen LogP contribution in [0.15, 0.2) is 65.8 Å². The van der Waals surface area contributed by atoms with Crippen LogP contribution in [0.2, 0.25) is 5.02 Å². The van der Waals surface area contributed by atoms with Gasteiger partial charge in [-0.3, -0.25) is 14.5 Å². The first-order chi connectivity index (χ1) is 17.0. The fourth-order valence-corrected chi connectivity index (χ4v) is 5.18. The summed E-state index contributed by atoms with van der Waals surface area (Å²) in [6.45, 7) is 7.52. The number of hydrogen-bond donors (Lipinski definition) is 1. The lowest BCUT2D eigenvalue weighted by Crippen LogP contribution is -2.24. The first-order valence-electron chi connectivity index (χ1n) is 12.0. The number of nitrogens with one attached hydrogen (secondary N) is 1. The van der Waals surface area contributed by atoms with E-state index in [1.165, 1.54) is 12.1 Å². The maximum Gasteiger partial charge on any atom is 0.306 e. The van der Waals surface area contributed by atoms with Crippen molar-refractivity contribution in [3.63, 3.8) is 0 Å². The summed E-state index contributed by atoms with van der Waals surface area (Å²) in [6.07, 6.45) is 6.17. The largest absolute Gasteiger partial charge is 0.460 e. The highest BCUT2D eigenvalue weighted by Crippen LogP contribution is 2.30. The predicted octanol–water partition coefficient (Wildman–Crippen LogP) is 6.35. The van der Waals surface area contributed by atoms with Crippen molar-refractivity contribution in [2.75, 3.05) is 4.72 Å². The van der Waals surface area contributed by atoms with E-state index in [4.69, 9.17) is 16.3 Å². The minimum atomic E-state index is -3.87. The molecule has 0 saturated carbocycles. The molecule has 36 heavy (non-hydrogen) atoms. The van der Waals surface area contributed by atoms with E-state index in [2.05, 4.69) is 9.71 Å². The molecule has 0 radical (unpaired) electrons. The number of sulfonamides is 1. The SMILES string of the molecule is CCCc1cc(Cc2cccnc2)cc(CCC(=O)OC(C)(C)C)c1NS(=O)(=O)c1ccc(Cl)cc1. The van der Waals surface area contributed by atoms with E-state index in [-0.39, 0.29) is 17.3 Å². The Balaban J connectivity index is 2.02. The Bertz CT molecular complexity index is 1290. The Morgan fingerprint density at radius 2 is 1.69 bits per heavy atom. The molecular weight excluding hydrogens is 496 g/mol. The molecule has 8 heteroatoms. The molecule has 6 nitrogen and oxygen atoms in total. The summed E-state index contributed by atoms with van der Waals surface area (Å²) in [5, 5.41) is 0.457. The van der Waals surface area contributed by atoms with Crippen molar-refractivity contribution in [2.24, 2.45) is 0 Å². The average Bonchev–Trinajstić information content (AvgIpc) is 2.79. The summed E-state index contributed by atoms with van der Waals surface area (Å²) in [6, 6.07) is 13.9. The molecule has 0 fully saturated rings. The van der Waals surface area contributed by atoms with Gasteiger partial charge in [0.25, 0.3) is 10.0 Å². The molecule has 1 heterocycles. The summed E-state index contributed by atoms with van der Waals surface area (Å²) in [4.78, 5) is 16.8. The highest BCUT2D eigenvalue weighted by atomic mass is 35.5. The number of pyridine rings is 1. The summed E-state index contributed by atoms with van der Waals surface area (Å²) < 4.78 is 34.8. The number of benzene rings is 2. The molecule has 0 aliphatic rings. The highest BCUT2D eigenvalue weighted by molar-refractivity contribution is 7.92. The molecule has 1 aromatic heterocycles. The Morgan fingerprint density at radius 1 is 1.03 bits per heavy atom. The Labute approximate surface area is 219 Å². The van der Waals surface area contributed by atoms with Gasteiger partial charge in [-0.25, -0.2) is 8.42 Å². The summed E-state index contributed by atoms with van der Waals surface area (Å²) in [7, 11) is -3.87. The third kappa shape index (κ3) is 8.07. The van der Waals surface area contributed by atoms with Crippen LogP contribution in [-0.4, -0.2) is 25.0 Å². The van der Waals surface area contributed by atoms with Gasteiger partial charge in [0.15, 0.2) is 0 Å². The second-order valence-electron chi connectivity index (χ2n) is 9.72. The van der Waals surface area contributed by atoms with Gasteiger partial charge >= 0.3 is 5.97 Å². The van der Waals surface area contributed by atoms with Gasteiger partial charge in [0.05, 0.1) is 10.6 Å². The van der Waals surface area contributed by atoms with E-state index < -0.39 is 15.6 Å². The molecular formula is C28H33ClN2O4S. The first-order valence-corrected chi connectivity index (χ1v) is 13.9. The minimum absolute atomic E-state index is 0.117. The van der Waals surface area contributed by atoms with Crippen LogP contribution >= 0.6 is 11.6 Å². The quantitative estimate of drug-likeness (QED) is 0.310. The van der Waals surface area contributed by atoms with Crippen molar-refractivity contribution in [3.8, 4) is 0 Å². The standard InChI is InChI=1S/C28H33ClN2O4S/c1-5-7-22-17-21(16-20-8-6-15-30-19-20)18-23(9-14-26(32)35-28(2,3)4)27(22)31-36(33,34)25-12-10-24(29)11-13-25/h6,8,10-13,15,17-19,31H,5,7,9,14,16H2,1-4H3. The molecule has 0 aliphatic heterocycles. The summed E-state index contributed by atoms with van der Waals surface area (Å²) >= 11 is 5.95. The van der Waals surface area contributed by atoms with Crippen LogP contribution in [0.25, 0.3) is 0 Å². The molecule has 0 amide bonds. The van der Waals surface area contributed by atoms with Gasteiger partial charge in [0.1, 0.15) is 5.60 Å². The number of halogens is 1. The number of anilines is 1. The molecule has 0 spiro atoms. The van der Waals surface area contributed by atoms with Gasteiger partial charge in [0.2, 0.25) is 0 Å². The van der Waals surface area contributed by atoms with E-state index in [1.54, 1.807) is 18.3 Å². The van der Waals surface area contributed by atoms with Crippen LogP contribution < -0.4 is 4.72 Å². The number of carbonyl (C=O) groups is 1. The van der Waals surface area contributed by atoms with Crippen molar-refractivity contribution in [1.29, 1.82) is 0 Å². The molecule has 0 unspecified atom stereocenters. The first kappa shape index (κ1) is 27.7. The number of aromatic nitrogens is 1. The fourth-order valence-electron chi connectivity index (χ4n) is 3.91. The van der Waals surface area contributed by atoms with E-state index in [1.807, 2.05) is 58.2 Å². The Kier molecular flexibility index (Phi) is 9.14. The molecule has 1 N–H and O–H groups in total. The number of rotatable bonds is 10. The maximum atomic E-state index is 13.3. The van der Waals surface area contributed by atoms with Gasteiger partial charge in [-0.2, -0.15) is 0 Å². The van der Waals surface area contributed by atoms with Crippen LogP contribution in [0.5, 0.6) is 0 Å². The molecule has 0 saturated heterocycles. The lowest BCUT2D eigenvalue weighted by molar-refractivity contribution is -0.154. The Hall–Kier alpha value is -2.90. The third-order valence-electron chi connectivity index (χ3n) is 5.39.